The summed E-state index contributed by atoms with van der Waals surface area (Å²) in [5.74, 6) is 0.535. The minimum absolute atomic E-state index is 0.187. The van der Waals surface area contributed by atoms with E-state index in [-0.39, 0.29) is 11.6 Å². The highest BCUT2D eigenvalue weighted by atomic mass is 32.1. The Bertz CT molecular complexity index is 2680. The topological polar surface area (TPSA) is 9.86 Å². The largest absolute Gasteiger partial charge is 0.338 e. The summed E-state index contributed by atoms with van der Waals surface area (Å²) in [6.07, 6.45) is 26.7. The quantitative estimate of drug-likeness (QED) is 0.0397. The molecule has 376 valence electrons. The van der Waals surface area contributed by atoms with E-state index in [0.29, 0.717) is 23.0 Å². The Morgan fingerprint density at radius 2 is 0.757 bits per heavy atom. The summed E-state index contributed by atoms with van der Waals surface area (Å²) in [6.45, 7) is 15.4. The first kappa shape index (κ1) is 52.8. The molecule has 0 bridgehead atoms. The van der Waals surface area contributed by atoms with Crippen LogP contribution in [0, 0.1) is 23.5 Å². The van der Waals surface area contributed by atoms with Crippen molar-refractivity contribution in [2.24, 2.45) is 11.8 Å². The van der Waals surface area contributed by atoms with Gasteiger partial charge in [0.05, 0.1) is 22.1 Å². The summed E-state index contributed by atoms with van der Waals surface area (Å²) >= 11 is 7.17. The van der Waals surface area contributed by atoms with E-state index in [4.69, 9.17) is 0 Å². The van der Waals surface area contributed by atoms with Gasteiger partial charge in [0.25, 0.3) is 0 Å². The first-order valence-corrected chi connectivity index (χ1v) is 30.9. The molecule has 0 aliphatic carbocycles. The van der Waals surface area contributed by atoms with Crippen molar-refractivity contribution in [3.8, 4) is 40.4 Å². The van der Waals surface area contributed by atoms with Gasteiger partial charge in [-0.3, -0.25) is 0 Å². The molecule has 70 heavy (non-hydrogen) atoms. The molecule has 6 heterocycles. The van der Waals surface area contributed by atoms with Crippen LogP contribution in [0.1, 0.15) is 180 Å². The summed E-state index contributed by atoms with van der Waals surface area (Å²) in [6, 6.07) is 25.7. The molecule has 0 N–H and O–H groups in total. The van der Waals surface area contributed by atoms with Crippen molar-refractivity contribution in [1.82, 2.24) is 9.13 Å². The minimum Gasteiger partial charge on any atom is -0.338 e. The molecule has 8 aromatic rings. The fourth-order valence-corrected chi connectivity index (χ4v) is 15.1. The molecule has 0 aliphatic heterocycles. The Kier molecular flexibility index (Phi) is 19.5. The third kappa shape index (κ3) is 12.4. The van der Waals surface area contributed by atoms with E-state index >= 15 is 8.78 Å². The van der Waals surface area contributed by atoms with Gasteiger partial charge in [0.2, 0.25) is 0 Å². The zero-order valence-corrected chi connectivity index (χ0v) is 46.6. The van der Waals surface area contributed by atoms with E-state index < -0.39 is 0 Å². The van der Waals surface area contributed by atoms with E-state index in [2.05, 4.69) is 111 Å². The number of unbranched alkanes of at least 4 members (excludes halogenated alkanes) is 12. The minimum atomic E-state index is -0.187. The molecular formula is C62H80F2N2S4. The molecule has 2 unspecified atom stereocenters. The van der Waals surface area contributed by atoms with Crippen LogP contribution in [-0.2, 0) is 25.9 Å². The summed E-state index contributed by atoms with van der Waals surface area (Å²) in [5, 5.41) is 1.89. The van der Waals surface area contributed by atoms with Gasteiger partial charge in [-0.15, -0.1) is 45.3 Å². The SMILES string of the molecule is CCCCCCc1ccc(-c2ccc(-c3cc4c(cc3F)c3c(c5cc(F)c(-c6ccc(-c7ccc(CCCCCC)s7)s6)cc5n3CC(CC)CCCCCC)n4CC(CC)CCCCCC)s2)s1. The molecule has 6 aromatic heterocycles. The lowest BCUT2D eigenvalue weighted by Gasteiger charge is -2.18. The Labute approximate surface area is 435 Å². The van der Waals surface area contributed by atoms with Gasteiger partial charge < -0.3 is 9.13 Å². The van der Waals surface area contributed by atoms with Crippen molar-refractivity contribution in [2.75, 3.05) is 0 Å². The molecule has 0 spiro atoms. The lowest BCUT2D eigenvalue weighted by atomic mass is 9.97. The maximum absolute atomic E-state index is 17.2. The van der Waals surface area contributed by atoms with Gasteiger partial charge in [-0.05, 0) is 123 Å². The molecule has 0 radical (unpaired) electrons. The number of hydrogen-bond donors (Lipinski definition) is 0. The molecule has 8 heteroatoms. The average molecular weight is 1020 g/mol. The van der Waals surface area contributed by atoms with Crippen molar-refractivity contribution in [2.45, 2.75) is 196 Å². The molecular weight excluding hydrogens is 939 g/mol. The molecule has 0 saturated heterocycles. The van der Waals surface area contributed by atoms with E-state index in [1.54, 1.807) is 22.7 Å². The predicted octanol–water partition coefficient (Wildman–Crippen LogP) is 22.2. The lowest BCUT2D eigenvalue weighted by molar-refractivity contribution is 0.393. The molecule has 0 saturated carbocycles. The maximum Gasteiger partial charge on any atom is 0.132 e. The normalized spacial score (nSPS) is 13.0. The standard InChI is InChI=1S/C62H80F2N2S4/c1-7-13-17-21-25-43(11-5)41-65-53-39-47(55-33-35-59(69-55)57-31-29-45(67-57)27-23-19-15-9-3)51(63)37-49(53)62-61(65)50-38-52(64)48(40-54(50)66(62)42-44(12-6)26-22-18-14-8-2)56-34-36-60(70-56)58-32-30-46(68-58)28-24-20-16-10-4/h29-40,43-44H,7-28,41-42H2,1-6H3. The Morgan fingerprint density at radius 3 is 1.14 bits per heavy atom. The molecule has 2 nitrogen and oxygen atoms in total. The van der Waals surface area contributed by atoms with Gasteiger partial charge in [-0.2, -0.15) is 0 Å². The Balaban J connectivity index is 1.25. The van der Waals surface area contributed by atoms with E-state index in [1.165, 1.54) is 132 Å². The van der Waals surface area contributed by atoms with Gasteiger partial charge in [0.1, 0.15) is 11.6 Å². The molecule has 0 fully saturated rings. The zero-order chi connectivity index (χ0) is 49.0. The number of hydrogen-bond acceptors (Lipinski definition) is 4. The van der Waals surface area contributed by atoms with E-state index in [1.807, 2.05) is 34.8 Å². The first-order valence-electron chi connectivity index (χ1n) is 27.6. The van der Waals surface area contributed by atoms with Gasteiger partial charge in [0.15, 0.2) is 0 Å². The zero-order valence-electron chi connectivity index (χ0n) is 43.3. The summed E-state index contributed by atoms with van der Waals surface area (Å²) < 4.78 is 39.4. The number of aromatic nitrogens is 2. The second kappa shape index (κ2) is 25.9. The number of thiophene rings is 4. The van der Waals surface area contributed by atoms with Crippen LogP contribution in [-0.4, -0.2) is 9.13 Å². The summed E-state index contributed by atoms with van der Waals surface area (Å²) in [4.78, 5) is 9.70. The van der Waals surface area contributed by atoms with Crippen molar-refractivity contribution in [1.29, 1.82) is 0 Å². The number of fused-ring (bicyclic) bond motifs is 5. The van der Waals surface area contributed by atoms with Crippen molar-refractivity contribution >= 4 is 78.2 Å². The highest BCUT2D eigenvalue weighted by Crippen LogP contribution is 2.46. The number of benzene rings is 2. The number of nitrogens with zero attached hydrogens (tertiary/aromatic N) is 2. The van der Waals surface area contributed by atoms with Gasteiger partial charge in [-0.1, -0.05) is 144 Å². The molecule has 2 atom stereocenters. The highest BCUT2D eigenvalue weighted by Gasteiger charge is 2.27. The molecule has 2 aromatic carbocycles. The van der Waals surface area contributed by atoms with Crippen LogP contribution in [0.5, 0.6) is 0 Å². The fourth-order valence-electron chi connectivity index (χ4n) is 10.8. The van der Waals surface area contributed by atoms with Crippen molar-refractivity contribution < 1.29 is 8.78 Å². The van der Waals surface area contributed by atoms with Crippen LogP contribution in [0.25, 0.3) is 73.2 Å². The molecule has 8 rings (SSSR count). The van der Waals surface area contributed by atoms with Crippen LogP contribution in [0.3, 0.4) is 0 Å². The molecule has 0 amide bonds. The number of rotatable bonds is 30. The van der Waals surface area contributed by atoms with Crippen LogP contribution >= 0.6 is 45.3 Å². The van der Waals surface area contributed by atoms with Crippen LogP contribution in [0.2, 0.25) is 0 Å². The van der Waals surface area contributed by atoms with Crippen LogP contribution in [0.4, 0.5) is 8.78 Å². The fraction of sp³-hybridized carbons (Fsp3) is 0.516. The predicted molar refractivity (Wildman–Crippen MR) is 309 cm³/mol. The van der Waals surface area contributed by atoms with Crippen molar-refractivity contribution in [3.05, 3.63) is 94.2 Å². The second-order valence-electron chi connectivity index (χ2n) is 20.3. The Hall–Kier alpha value is -3.56. The van der Waals surface area contributed by atoms with Gasteiger partial charge in [0, 0.05) is 74.0 Å². The van der Waals surface area contributed by atoms with Crippen molar-refractivity contribution in [3.63, 3.8) is 0 Å². The monoisotopic (exact) mass is 1020 g/mol. The van der Waals surface area contributed by atoms with Gasteiger partial charge in [-0.25, -0.2) is 8.78 Å². The van der Waals surface area contributed by atoms with Crippen LogP contribution in [0.15, 0.2) is 72.8 Å². The third-order valence-electron chi connectivity index (χ3n) is 15.1. The third-order valence-corrected chi connectivity index (χ3v) is 20.0. The maximum atomic E-state index is 17.2. The number of halogens is 2. The highest BCUT2D eigenvalue weighted by molar-refractivity contribution is 7.24. The van der Waals surface area contributed by atoms with E-state index in [9.17, 15) is 0 Å². The average Bonchev–Trinajstić information content (AvgIpc) is 4.24. The smallest absolute Gasteiger partial charge is 0.132 e. The first-order chi connectivity index (χ1) is 34.3. The number of aryl methyl sites for hydroxylation is 2. The Morgan fingerprint density at radius 1 is 0.400 bits per heavy atom. The van der Waals surface area contributed by atoms with E-state index in [0.717, 1.165) is 94.2 Å². The lowest BCUT2D eigenvalue weighted by Crippen LogP contribution is -2.10. The summed E-state index contributed by atoms with van der Waals surface area (Å²) in [5.41, 5.74) is 5.57. The molecule has 0 aliphatic rings. The summed E-state index contributed by atoms with van der Waals surface area (Å²) in [7, 11) is 0. The second-order valence-corrected chi connectivity index (χ2v) is 24.8. The van der Waals surface area contributed by atoms with Gasteiger partial charge >= 0.3 is 0 Å². The van der Waals surface area contributed by atoms with Crippen LogP contribution < -0.4 is 0 Å².